The highest BCUT2D eigenvalue weighted by Crippen LogP contribution is 2.38. The van der Waals surface area contributed by atoms with Crippen LogP contribution in [0.5, 0.6) is 0 Å². The third-order valence-electron chi connectivity index (χ3n) is 6.51. The van der Waals surface area contributed by atoms with E-state index in [-0.39, 0.29) is 17.6 Å². The molecule has 5 nitrogen and oxygen atoms in total. The third-order valence-corrected chi connectivity index (χ3v) is 11.5. The molecule has 0 saturated carbocycles. The van der Waals surface area contributed by atoms with E-state index in [0.717, 1.165) is 15.9 Å². The molecule has 0 unspecified atom stereocenters. The predicted octanol–water partition coefficient (Wildman–Crippen LogP) is 5.11. The maximum atomic E-state index is 13.6. The first kappa shape index (κ1) is 28.5. The number of amides is 1. The second-order valence-electron chi connectivity index (χ2n) is 10.0. The van der Waals surface area contributed by atoms with E-state index in [9.17, 15) is 4.79 Å². The van der Waals surface area contributed by atoms with Crippen molar-refractivity contribution >= 4 is 24.6 Å². The van der Waals surface area contributed by atoms with Gasteiger partial charge in [-0.1, -0.05) is 124 Å². The number of allylic oxidation sites excluding steroid dienone is 1. The van der Waals surface area contributed by atoms with E-state index < -0.39 is 20.5 Å². The van der Waals surface area contributed by atoms with Crippen molar-refractivity contribution in [2.45, 2.75) is 51.5 Å². The molecule has 0 radical (unpaired) electrons. The van der Waals surface area contributed by atoms with Crippen LogP contribution in [0.3, 0.4) is 0 Å². The lowest BCUT2D eigenvalue weighted by Crippen LogP contribution is -2.68. The molecule has 0 saturated heterocycles. The van der Waals surface area contributed by atoms with Gasteiger partial charge in [0.1, 0.15) is 0 Å². The first-order chi connectivity index (χ1) is 17.7. The number of rotatable bonds is 11. The molecule has 37 heavy (non-hydrogen) atoms. The van der Waals surface area contributed by atoms with Crippen LogP contribution in [0.25, 0.3) is 0 Å². The Morgan fingerprint density at radius 3 is 1.81 bits per heavy atom. The van der Waals surface area contributed by atoms with Crippen molar-refractivity contribution < 1.29 is 18.8 Å². The minimum absolute atomic E-state index is 0.254. The van der Waals surface area contributed by atoms with Crippen LogP contribution in [0.4, 0.5) is 0 Å². The number of hydrogen-bond acceptors (Lipinski definition) is 4. The molecule has 2 atom stereocenters. The van der Waals surface area contributed by atoms with Crippen LogP contribution in [-0.4, -0.2) is 45.7 Å². The molecular weight excluding hydrogens is 478 g/mol. The Bertz CT molecular complexity index is 1090. The highest BCUT2D eigenvalue weighted by atomic mass is 28.4. The Balaban J connectivity index is 2.15. The van der Waals surface area contributed by atoms with Gasteiger partial charge in [0.15, 0.2) is 6.10 Å². The molecule has 6 heteroatoms. The van der Waals surface area contributed by atoms with Gasteiger partial charge in [0, 0.05) is 7.05 Å². The van der Waals surface area contributed by atoms with Gasteiger partial charge in [-0.15, -0.1) is 0 Å². The summed E-state index contributed by atoms with van der Waals surface area (Å²) in [6.07, 6.45) is 2.28. The van der Waals surface area contributed by atoms with Crippen molar-refractivity contribution in [2.75, 3.05) is 14.2 Å². The van der Waals surface area contributed by atoms with Crippen molar-refractivity contribution in [1.82, 2.24) is 5.06 Å². The first-order valence-corrected chi connectivity index (χ1v) is 14.5. The number of benzene rings is 3. The van der Waals surface area contributed by atoms with Gasteiger partial charge in [0.05, 0.1) is 19.8 Å². The number of nitrogens with zero attached hydrogens (tertiary/aromatic N) is 1. The average Bonchev–Trinajstić information content (AvgIpc) is 2.91. The molecule has 3 aromatic rings. The molecule has 0 aliphatic rings. The zero-order chi connectivity index (χ0) is 26.9. The molecule has 0 fully saturated rings. The lowest BCUT2D eigenvalue weighted by Gasteiger charge is -2.45. The van der Waals surface area contributed by atoms with E-state index >= 15 is 0 Å². The summed E-state index contributed by atoms with van der Waals surface area (Å²) in [6.45, 7) is 8.85. The summed E-state index contributed by atoms with van der Waals surface area (Å²) >= 11 is 0. The van der Waals surface area contributed by atoms with Gasteiger partial charge in [-0.2, -0.15) is 0 Å². The molecule has 196 valence electrons. The summed E-state index contributed by atoms with van der Waals surface area (Å²) in [5.74, 6) is -0.306. The summed E-state index contributed by atoms with van der Waals surface area (Å²) in [4.78, 5) is 18.9. The Labute approximate surface area is 222 Å². The Hall–Kier alpha value is -3.03. The fourth-order valence-electron chi connectivity index (χ4n) is 4.62. The largest absolute Gasteiger partial charge is 0.398 e. The van der Waals surface area contributed by atoms with Gasteiger partial charge in [0.25, 0.3) is 14.2 Å². The molecule has 1 amide bonds. The van der Waals surface area contributed by atoms with Gasteiger partial charge < -0.3 is 9.16 Å². The summed E-state index contributed by atoms with van der Waals surface area (Å²) in [7, 11) is 0.112. The van der Waals surface area contributed by atoms with Crippen LogP contribution in [0, 0.1) is 0 Å². The minimum Gasteiger partial charge on any atom is -0.398 e. The number of likely N-dealkylation sites (N-methyl/N-ethyl adjacent to an activating group) is 1. The van der Waals surface area contributed by atoms with Crippen LogP contribution in [0.15, 0.2) is 103 Å². The van der Waals surface area contributed by atoms with Crippen molar-refractivity contribution in [2.24, 2.45) is 0 Å². The van der Waals surface area contributed by atoms with E-state index in [1.54, 1.807) is 7.05 Å². The highest BCUT2D eigenvalue weighted by molar-refractivity contribution is 6.99. The normalized spacial score (nSPS) is 13.9. The lowest BCUT2D eigenvalue weighted by molar-refractivity contribution is -0.186. The Morgan fingerprint density at radius 1 is 0.892 bits per heavy atom. The molecular formula is C31H39NO4Si. The maximum absolute atomic E-state index is 13.6. The van der Waals surface area contributed by atoms with E-state index in [0.29, 0.717) is 0 Å². The zero-order valence-electron chi connectivity index (χ0n) is 22.8. The quantitative estimate of drug-likeness (QED) is 0.201. The fourth-order valence-corrected chi connectivity index (χ4v) is 9.25. The van der Waals surface area contributed by atoms with Gasteiger partial charge >= 0.3 is 0 Å². The SMILES string of the molecule is C/C=C/[C@H](O[Si](c1ccccc1)(c1ccccc1)C(C)(C)C)[C@@H](OCc1ccccc1)C(=O)N(C)OC. The van der Waals surface area contributed by atoms with E-state index in [2.05, 4.69) is 45.0 Å². The van der Waals surface area contributed by atoms with Crippen LogP contribution < -0.4 is 10.4 Å². The van der Waals surface area contributed by atoms with E-state index in [4.69, 9.17) is 14.0 Å². The predicted molar refractivity (Wildman–Crippen MR) is 152 cm³/mol. The molecule has 0 aromatic heterocycles. The summed E-state index contributed by atoms with van der Waals surface area (Å²) < 4.78 is 13.6. The average molecular weight is 518 g/mol. The number of hydrogen-bond donors (Lipinski definition) is 0. The van der Waals surface area contributed by atoms with Gasteiger partial charge in [-0.25, -0.2) is 5.06 Å². The first-order valence-electron chi connectivity index (χ1n) is 12.6. The van der Waals surface area contributed by atoms with Crippen LogP contribution >= 0.6 is 0 Å². The molecule has 3 rings (SSSR count). The van der Waals surface area contributed by atoms with Crippen LogP contribution in [0.2, 0.25) is 5.04 Å². The van der Waals surface area contributed by atoms with Crippen molar-refractivity contribution in [3.63, 3.8) is 0 Å². The fraction of sp³-hybridized carbons (Fsp3) is 0.323. The van der Waals surface area contributed by atoms with Gasteiger partial charge in [-0.3, -0.25) is 9.63 Å². The lowest BCUT2D eigenvalue weighted by atomic mass is 10.1. The number of carbonyl (C=O) groups excluding carboxylic acids is 1. The molecule has 0 spiro atoms. The molecule has 0 bridgehead atoms. The monoisotopic (exact) mass is 517 g/mol. The Kier molecular flexibility index (Phi) is 10.0. The smallest absolute Gasteiger partial charge is 0.277 e. The highest BCUT2D eigenvalue weighted by Gasteiger charge is 2.52. The Morgan fingerprint density at radius 2 is 1.38 bits per heavy atom. The van der Waals surface area contributed by atoms with Gasteiger partial charge in [-0.05, 0) is 27.9 Å². The number of hydroxylamine groups is 2. The van der Waals surface area contributed by atoms with E-state index in [1.807, 2.05) is 85.8 Å². The number of ether oxygens (including phenoxy) is 1. The summed E-state index contributed by atoms with van der Waals surface area (Å²) in [5, 5.41) is 3.23. The number of carbonyl (C=O) groups is 1. The summed E-state index contributed by atoms with van der Waals surface area (Å²) in [5.41, 5.74) is 0.977. The zero-order valence-corrected chi connectivity index (χ0v) is 23.8. The summed E-state index contributed by atoms with van der Waals surface area (Å²) in [6, 6.07) is 30.6. The van der Waals surface area contributed by atoms with Crippen LogP contribution in [0.1, 0.15) is 33.3 Å². The van der Waals surface area contributed by atoms with Crippen molar-refractivity contribution in [3.8, 4) is 0 Å². The standard InChI is InChI=1S/C31H39NO4Si/c1-7-17-28(29(30(33)32(5)34-6)35-24-25-18-11-8-12-19-25)36-37(31(2,3)4,26-20-13-9-14-21-26)27-22-15-10-16-23-27/h7-23,28-29H,24H2,1-6H3/b17-7+/t28-,29+/m0/s1. The maximum Gasteiger partial charge on any atom is 0.277 e. The van der Waals surface area contributed by atoms with E-state index in [1.165, 1.54) is 12.2 Å². The molecule has 0 N–H and O–H groups in total. The minimum atomic E-state index is -2.95. The second kappa shape index (κ2) is 13.0. The molecule has 0 heterocycles. The molecule has 0 aliphatic carbocycles. The second-order valence-corrected chi connectivity index (χ2v) is 14.3. The third kappa shape index (κ3) is 6.65. The van der Waals surface area contributed by atoms with Crippen LogP contribution in [-0.2, 0) is 25.4 Å². The topological polar surface area (TPSA) is 48.0 Å². The molecule has 3 aromatic carbocycles. The molecule has 0 aliphatic heterocycles. The van der Waals surface area contributed by atoms with Crippen molar-refractivity contribution in [3.05, 3.63) is 109 Å². The van der Waals surface area contributed by atoms with Gasteiger partial charge in [0.2, 0.25) is 0 Å². The van der Waals surface area contributed by atoms with Crippen molar-refractivity contribution in [1.29, 1.82) is 0 Å².